The Kier molecular flexibility index (Phi) is 4.02. The van der Waals surface area contributed by atoms with Gasteiger partial charge in [0.2, 0.25) is 0 Å². The van der Waals surface area contributed by atoms with Crippen molar-refractivity contribution >= 4 is 15.4 Å². The van der Waals surface area contributed by atoms with Crippen LogP contribution in [0.25, 0.3) is 0 Å². The second-order valence-electron chi connectivity index (χ2n) is 0.462. The SMILES string of the molecule is OBOBO. The molecule has 0 atom stereocenters. The Labute approximate surface area is 31.2 Å². The second-order valence-corrected chi connectivity index (χ2v) is 0.462. The minimum Gasteiger partial charge on any atom is -0.457 e. The van der Waals surface area contributed by atoms with Crippen molar-refractivity contribution in [2.24, 2.45) is 0 Å². The molecule has 0 rings (SSSR count). The van der Waals surface area contributed by atoms with Crippen molar-refractivity contribution in [1.82, 2.24) is 0 Å². The molecule has 28 valence electrons. The molecule has 5 heavy (non-hydrogen) atoms. The molecule has 0 bridgehead atoms. The van der Waals surface area contributed by atoms with E-state index in [2.05, 4.69) is 4.57 Å². The summed E-state index contributed by atoms with van der Waals surface area (Å²) in [5, 5.41) is 15.4. The van der Waals surface area contributed by atoms with E-state index in [1.165, 1.54) is 0 Å². The molecule has 0 saturated heterocycles. The fraction of sp³-hybridized carbons (Fsp3) is 0. The van der Waals surface area contributed by atoms with E-state index in [1.807, 2.05) is 0 Å². The lowest BCUT2D eigenvalue weighted by molar-refractivity contribution is 0.408. The van der Waals surface area contributed by atoms with Gasteiger partial charge in [0.25, 0.3) is 0 Å². The summed E-state index contributed by atoms with van der Waals surface area (Å²) in [5.74, 6) is 0. The third kappa shape index (κ3) is 4.01. The van der Waals surface area contributed by atoms with Gasteiger partial charge in [0.1, 0.15) is 0 Å². The Morgan fingerprint density at radius 3 is 1.60 bits per heavy atom. The summed E-state index contributed by atoms with van der Waals surface area (Å²) in [6, 6.07) is 0. The number of hydrogen-bond donors (Lipinski definition) is 2. The number of rotatable bonds is 2. The zero-order valence-corrected chi connectivity index (χ0v) is 2.72. The van der Waals surface area contributed by atoms with Gasteiger partial charge < -0.3 is 14.6 Å². The molecule has 5 heteroatoms. The third-order valence-electron chi connectivity index (χ3n) is 0.183. The lowest BCUT2D eigenvalue weighted by Crippen LogP contribution is -2.00. The summed E-state index contributed by atoms with van der Waals surface area (Å²) in [5.41, 5.74) is 0. The Hall–Kier alpha value is 0.00987. The van der Waals surface area contributed by atoms with E-state index < -0.39 is 15.4 Å². The summed E-state index contributed by atoms with van der Waals surface area (Å²) >= 11 is 0. The van der Waals surface area contributed by atoms with E-state index in [4.69, 9.17) is 10.0 Å². The van der Waals surface area contributed by atoms with Gasteiger partial charge in [-0.1, -0.05) is 0 Å². The van der Waals surface area contributed by atoms with Crippen molar-refractivity contribution in [3.8, 4) is 0 Å². The predicted octanol–water partition coefficient (Wildman–Crippen LogP) is -2.48. The van der Waals surface area contributed by atoms with E-state index in [0.717, 1.165) is 0 Å². The van der Waals surface area contributed by atoms with Gasteiger partial charge in [-0.2, -0.15) is 0 Å². The zero-order valence-electron chi connectivity index (χ0n) is 2.72. The highest BCUT2D eigenvalue weighted by molar-refractivity contribution is 6.32. The van der Waals surface area contributed by atoms with Gasteiger partial charge in [-0.15, -0.1) is 0 Å². The van der Waals surface area contributed by atoms with E-state index in [9.17, 15) is 0 Å². The van der Waals surface area contributed by atoms with Gasteiger partial charge in [0.15, 0.2) is 0 Å². The topological polar surface area (TPSA) is 49.7 Å². The zero-order chi connectivity index (χ0) is 4.12. The van der Waals surface area contributed by atoms with Crippen molar-refractivity contribution in [3.05, 3.63) is 0 Å². The molecule has 0 aliphatic carbocycles. The van der Waals surface area contributed by atoms with Crippen LogP contribution >= 0.6 is 0 Å². The fourth-order valence-corrected chi connectivity index (χ4v) is 0.0408. The summed E-state index contributed by atoms with van der Waals surface area (Å²) in [7, 11) is -0.812. The van der Waals surface area contributed by atoms with Crippen LogP contribution < -0.4 is 0 Å². The van der Waals surface area contributed by atoms with Gasteiger partial charge in [0, 0.05) is 0 Å². The minimum atomic E-state index is -0.406. The van der Waals surface area contributed by atoms with Crippen LogP contribution in [0.2, 0.25) is 0 Å². The predicted molar refractivity (Wildman–Crippen MR) is 19.8 cm³/mol. The maximum absolute atomic E-state index is 7.68. The average Bonchev–Trinajstić information content (AvgIpc) is 1.41. The maximum atomic E-state index is 7.68. The molecule has 0 unspecified atom stereocenters. The standard InChI is InChI=1S/B2H4O3/c3-1-5-2-4/h1-4H. The monoisotopic (exact) mass is 74.0 g/mol. The normalized spacial score (nSPS) is 6.80. The highest BCUT2D eigenvalue weighted by Crippen LogP contribution is 1.48. The molecule has 0 spiro atoms. The molecule has 0 fully saturated rings. The average molecular weight is 73.7 g/mol. The molecule has 3 nitrogen and oxygen atoms in total. The maximum Gasteiger partial charge on any atom is 0.421 e. The molecule has 0 aliphatic heterocycles. The smallest absolute Gasteiger partial charge is 0.421 e. The summed E-state index contributed by atoms with van der Waals surface area (Å²) in [6.07, 6.45) is 0. The molecule has 0 aromatic rings. The lowest BCUT2D eigenvalue weighted by Gasteiger charge is -1.80. The van der Waals surface area contributed by atoms with Gasteiger partial charge in [-0.05, 0) is 0 Å². The molecule has 0 heterocycles. The molecule has 0 amide bonds. The molecular weight excluding hydrogens is 69.6 g/mol. The first-order chi connectivity index (χ1) is 2.41. The first kappa shape index (κ1) is 5.01. The molecule has 2 N–H and O–H groups in total. The highest BCUT2D eigenvalue weighted by atomic mass is 16.5. The second kappa shape index (κ2) is 4.01. The Bertz CT molecular complexity index is 12.4. The molecule has 0 radical (unpaired) electrons. The van der Waals surface area contributed by atoms with Crippen molar-refractivity contribution in [2.75, 3.05) is 0 Å². The number of hydrogen-bond acceptors (Lipinski definition) is 3. The van der Waals surface area contributed by atoms with Crippen LogP contribution in [-0.4, -0.2) is 25.4 Å². The third-order valence-corrected chi connectivity index (χ3v) is 0.183. The van der Waals surface area contributed by atoms with Crippen LogP contribution in [0, 0.1) is 0 Å². The van der Waals surface area contributed by atoms with Gasteiger partial charge >= 0.3 is 15.4 Å². The lowest BCUT2D eigenvalue weighted by atomic mass is 10.3. The molecular formula is H4B2O3. The molecule has 0 aliphatic rings. The largest absolute Gasteiger partial charge is 0.457 e. The van der Waals surface area contributed by atoms with E-state index in [1.54, 1.807) is 0 Å². The van der Waals surface area contributed by atoms with Crippen LogP contribution in [0.4, 0.5) is 0 Å². The van der Waals surface area contributed by atoms with E-state index in [-0.39, 0.29) is 0 Å². The van der Waals surface area contributed by atoms with Crippen molar-refractivity contribution in [2.45, 2.75) is 0 Å². The van der Waals surface area contributed by atoms with E-state index >= 15 is 0 Å². The summed E-state index contributed by atoms with van der Waals surface area (Å²) in [4.78, 5) is 0. The summed E-state index contributed by atoms with van der Waals surface area (Å²) < 4.78 is 3.94. The highest BCUT2D eigenvalue weighted by Gasteiger charge is 1.77. The first-order valence-electron chi connectivity index (χ1n) is 1.21. The van der Waals surface area contributed by atoms with Crippen molar-refractivity contribution in [3.63, 3.8) is 0 Å². The quantitative estimate of drug-likeness (QED) is 0.356. The van der Waals surface area contributed by atoms with Crippen LogP contribution in [0.15, 0.2) is 0 Å². The van der Waals surface area contributed by atoms with Gasteiger partial charge in [-0.25, -0.2) is 0 Å². The fourth-order valence-electron chi connectivity index (χ4n) is 0.0408. The Balaban J connectivity index is 2.19. The van der Waals surface area contributed by atoms with Crippen LogP contribution in [0.1, 0.15) is 0 Å². The molecule has 0 aromatic heterocycles. The minimum absolute atomic E-state index is 0.406. The molecule has 0 aromatic carbocycles. The van der Waals surface area contributed by atoms with Crippen LogP contribution in [0.3, 0.4) is 0 Å². The Morgan fingerprint density at radius 2 is 1.60 bits per heavy atom. The van der Waals surface area contributed by atoms with Crippen molar-refractivity contribution < 1.29 is 14.6 Å². The van der Waals surface area contributed by atoms with Crippen LogP contribution in [-0.2, 0) is 4.57 Å². The first-order valence-corrected chi connectivity index (χ1v) is 1.21. The van der Waals surface area contributed by atoms with Crippen molar-refractivity contribution in [1.29, 1.82) is 0 Å². The van der Waals surface area contributed by atoms with E-state index in [0.29, 0.717) is 0 Å². The molecule has 0 saturated carbocycles. The summed E-state index contributed by atoms with van der Waals surface area (Å²) in [6.45, 7) is 0. The van der Waals surface area contributed by atoms with Crippen LogP contribution in [0.5, 0.6) is 0 Å². The van der Waals surface area contributed by atoms with Gasteiger partial charge in [0.05, 0.1) is 0 Å². The van der Waals surface area contributed by atoms with Gasteiger partial charge in [-0.3, -0.25) is 0 Å². The Morgan fingerprint density at radius 1 is 1.20 bits per heavy atom.